The summed E-state index contributed by atoms with van der Waals surface area (Å²) in [4.78, 5) is 59.0. The Bertz CT molecular complexity index is 919. The van der Waals surface area contributed by atoms with Crippen molar-refractivity contribution in [1.29, 1.82) is 0 Å². The van der Waals surface area contributed by atoms with Gasteiger partial charge in [0.05, 0.1) is 11.8 Å². The summed E-state index contributed by atoms with van der Waals surface area (Å²) < 4.78 is -0.712. The van der Waals surface area contributed by atoms with Crippen LogP contribution in [0.4, 0.5) is 0 Å². The average molecular weight is 549 g/mol. The molecule has 36 heavy (non-hydrogen) atoms. The summed E-state index contributed by atoms with van der Waals surface area (Å²) in [7, 11) is 0. The predicted molar refractivity (Wildman–Crippen MR) is 135 cm³/mol. The third-order valence-corrected chi connectivity index (χ3v) is 7.10. The monoisotopic (exact) mass is 548 g/mol. The van der Waals surface area contributed by atoms with Gasteiger partial charge in [-0.1, -0.05) is 30.3 Å². The number of nitrogens with one attached hydrogen (secondary N) is 4. The zero-order valence-corrected chi connectivity index (χ0v) is 23.4. The zero-order chi connectivity index (χ0) is 26.0. The molecular formula is C23H32CaN4O7S. The van der Waals surface area contributed by atoms with Crippen LogP contribution in [0.1, 0.15) is 38.7 Å². The Hall–Kier alpha value is -1.86. The third-order valence-electron chi connectivity index (χ3n) is 5.60. The fourth-order valence-corrected chi connectivity index (χ4v) is 5.26. The predicted octanol–water partition coefficient (Wildman–Crippen LogP) is -0.287. The normalized spacial score (nSPS) is 19.7. The van der Waals surface area contributed by atoms with Crippen molar-refractivity contribution in [2.75, 3.05) is 6.54 Å². The Morgan fingerprint density at radius 1 is 1.14 bits per heavy atom. The van der Waals surface area contributed by atoms with E-state index in [1.165, 1.54) is 11.8 Å². The molecule has 3 amide bonds. The molecule has 2 rings (SSSR count). The molecule has 0 spiro atoms. The molecule has 2 radical (unpaired) electrons. The summed E-state index contributed by atoms with van der Waals surface area (Å²) >= 11 is 1.27. The topological polar surface area (TPSA) is 174 Å². The molecule has 1 heterocycles. The molecule has 1 aromatic rings. The first kappa shape index (κ1) is 32.2. The van der Waals surface area contributed by atoms with Crippen molar-refractivity contribution in [3.05, 3.63) is 35.9 Å². The van der Waals surface area contributed by atoms with E-state index in [-0.39, 0.29) is 63.0 Å². The standard InChI is InChI=1S/C23H32N4O7S.Ca/c1-23(2)18(22(33)34)27-20(35-23)17(26-16(29)12-14-8-4-3-5-9-14)19(30)24-11-7-6-10-15(21(31)32)25-13-28;/h3-5,8-9,13,15,17-18,20,27H,6-7,10-12H2,1-2H3,(H,24,30)(H,25,28)(H,26,29)(H,31,32)(H,33,34);. The molecule has 4 unspecified atom stereocenters. The number of carbonyl (C=O) groups excluding carboxylic acids is 3. The molecule has 11 nitrogen and oxygen atoms in total. The molecule has 1 aromatic carbocycles. The maximum Gasteiger partial charge on any atom is 0.326 e. The number of carboxylic acids is 2. The van der Waals surface area contributed by atoms with Crippen molar-refractivity contribution in [2.45, 2.75) is 67.8 Å². The van der Waals surface area contributed by atoms with Crippen LogP contribution < -0.4 is 21.3 Å². The molecular weight excluding hydrogens is 516 g/mol. The average Bonchev–Trinajstić information content (AvgIpc) is 3.12. The Morgan fingerprint density at radius 3 is 2.36 bits per heavy atom. The Labute approximate surface area is 243 Å². The van der Waals surface area contributed by atoms with Gasteiger partial charge < -0.3 is 26.2 Å². The third kappa shape index (κ3) is 9.89. The minimum atomic E-state index is -1.14. The first-order chi connectivity index (χ1) is 16.5. The molecule has 0 aromatic heterocycles. The maximum atomic E-state index is 13.0. The summed E-state index contributed by atoms with van der Waals surface area (Å²) in [6, 6.07) is 6.11. The van der Waals surface area contributed by atoms with E-state index in [1.54, 1.807) is 38.1 Å². The molecule has 1 aliphatic heterocycles. The zero-order valence-electron chi connectivity index (χ0n) is 20.4. The number of carbonyl (C=O) groups is 5. The smallest absolute Gasteiger partial charge is 0.326 e. The van der Waals surface area contributed by atoms with Gasteiger partial charge in [-0.05, 0) is 38.7 Å². The van der Waals surface area contributed by atoms with Crippen molar-refractivity contribution >= 4 is 79.7 Å². The molecule has 194 valence electrons. The first-order valence-corrected chi connectivity index (χ1v) is 12.1. The van der Waals surface area contributed by atoms with Crippen LogP contribution in [0.2, 0.25) is 0 Å². The van der Waals surface area contributed by atoms with E-state index in [4.69, 9.17) is 5.11 Å². The SMILES string of the molecule is CC1(C)SC(C(NC(=O)Cc2ccccc2)C(=O)NCCCCC(NC=O)C(=O)O)NC1C(=O)O.[Ca]. The molecule has 1 aliphatic rings. The van der Waals surface area contributed by atoms with Gasteiger partial charge in [-0.2, -0.15) is 0 Å². The molecule has 13 heteroatoms. The first-order valence-electron chi connectivity index (χ1n) is 11.3. The van der Waals surface area contributed by atoms with Crippen LogP contribution in [0, 0.1) is 0 Å². The number of rotatable bonds is 14. The van der Waals surface area contributed by atoms with Gasteiger partial charge in [0.25, 0.3) is 0 Å². The Kier molecular flexibility index (Phi) is 13.8. The van der Waals surface area contributed by atoms with Crippen LogP contribution >= 0.6 is 11.8 Å². The van der Waals surface area contributed by atoms with Gasteiger partial charge in [0.15, 0.2) is 0 Å². The van der Waals surface area contributed by atoms with Gasteiger partial charge in [-0.15, -0.1) is 11.8 Å². The number of hydrogen-bond donors (Lipinski definition) is 6. The molecule has 0 bridgehead atoms. The largest absolute Gasteiger partial charge is 0.480 e. The van der Waals surface area contributed by atoms with Gasteiger partial charge >= 0.3 is 11.9 Å². The number of amides is 3. The molecule has 4 atom stereocenters. The van der Waals surface area contributed by atoms with E-state index in [1.807, 2.05) is 6.07 Å². The number of aliphatic carboxylic acids is 2. The summed E-state index contributed by atoms with van der Waals surface area (Å²) in [5, 5.41) is 28.6. The fourth-order valence-electron chi connectivity index (χ4n) is 3.77. The second kappa shape index (κ2) is 15.4. The maximum absolute atomic E-state index is 13.0. The fraction of sp³-hybridized carbons (Fsp3) is 0.522. The summed E-state index contributed by atoms with van der Waals surface area (Å²) in [6.45, 7) is 3.74. The second-order valence-electron chi connectivity index (χ2n) is 8.75. The van der Waals surface area contributed by atoms with Crippen molar-refractivity contribution in [2.24, 2.45) is 0 Å². The van der Waals surface area contributed by atoms with Crippen molar-refractivity contribution in [3.8, 4) is 0 Å². The number of benzene rings is 1. The van der Waals surface area contributed by atoms with Gasteiger partial charge in [-0.3, -0.25) is 24.5 Å². The molecule has 1 fully saturated rings. The van der Waals surface area contributed by atoms with E-state index < -0.39 is 46.1 Å². The molecule has 0 aliphatic carbocycles. The van der Waals surface area contributed by atoms with Crippen LogP contribution in [0.15, 0.2) is 30.3 Å². The Morgan fingerprint density at radius 2 is 1.81 bits per heavy atom. The summed E-state index contributed by atoms with van der Waals surface area (Å²) in [5.41, 5.74) is 0.775. The van der Waals surface area contributed by atoms with Crippen LogP contribution in [0.25, 0.3) is 0 Å². The van der Waals surface area contributed by atoms with Crippen LogP contribution in [-0.2, 0) is 30.4 Å². The molecule has 0 saturated carbocycles. The van der Waals surface area contributed by atoms with E-state index >= 15 is 0 Å². The summed E-state index contributed by atoms with van der Waals surface area (Å²) in [5.74, 6) is -3.03. The van der Waals surface area contributed by atoms with Gasteiger partial charge in [0.1, 0.15) is 18.1 Å². The van der Waals surface area contributed by atoms with Crippen molar-refractivity contribution < 1.29 is 34.2 Å². The number of hydrogen-bond acceptors (Lipinski definition) is 7. The van der Waals surface area contributed by atoms with Crippen LogP contribution in [-0.4, -0.2) is 113 Å². The second-order valence-corrected chi connectivity index (χ2v) is 10.5. The van der Waals surface area contributed by atoms with Gasteiger partial charge in [-0.25, -0.2) is 4.79 Å². The number of carboxylic acid groups (broad SMARTS) is 2. The minimum Gasteiger partial charge on any atom is -0.480 e. The van der Waals surface area contributed by atoms with Crippen LogP contribution in [0.5, 0.6) is 0 Å². The number of unbranched alkanes of at least 4 members (excludes halogenated alkanes) is 1. The van der Waals surface area contributed by atoms with E-state index in [2.05, 4.69) is 21.3 Å². The van der Waals surface area contributed by atoms with Gasteiger partial charge in [0, 0.05) is 49.0 Å². The van der Waals surface area contributed by atoms with Gasteiger partial charge in [0.2, 0.25) is 18.2 Å². The number of thioether (sulfide) groups is 1. The Balaban J connectivity index is 0.00000648. The van der Waals surface area contributed by atoms with E-state index in [9.17, 15) is 29.1 Å². The van der Waals surface area contributed by atoms with E-state index in [0.29, 0.717) is 19.3 Å². The summed E-state index contributed by atoms with van der Waals surface area (Å²) in [6.07, 6.45) is 1.49. The quantitative estimate of drug-likeness (QED) is 0.104. The van der Waals surface area contributed by atoms with Crippen molar-refractivity contribution in [1.82, 2.24) is 21.3 Å². The van der Waals surface area contributed by atoms with Crippen LogP contribution in [0.3, 0.4) is 0 Å². The van der Waals surface area contributed by atoms with Crippen molar-refractivity contribution in [3.63, 3.8) is 0 Å². The minimum absolute atomic E-state index is 0. The van der Waals surface area contributed by atoms with E-state index in [0.717, 1.165) is 5.56 Å². The molecule has 6 N–H and O–H groups in total. The molecule has 1 saturated heterocycles.